The molecule has 0 aliphatic carbocycles. The van der Waals surface area contributed by atoms with Crippen molar-refractivity contribution in [3.8, 4) is 34.1 Å². The average molecular weight is 274 g/mol. The van der Waals surface area contributed by atoms with Crippen molar-refractivity contribution < 1.29 is 18.9 Å². The first-order valence-corrected chi connectivity index (χ1v) is 6.17. The zero-order valence-electron chi connectivity index (χ0n) is 12.1. The second-order valence-electron chi connectivity index (χ2n) is 4.17. The van der Waals surface area contributed by atoms with E-state index in [1.807, 2.05) is 36.4 Å². The molecule has 0 radical (unpaired) electrons. The van der Waals surface area contributed by atoms with Crippen LogP contribution in [-0.4, -0.2) is 28.4 Å². The Kier molecular flexibility index (Phi) is 4.35. The second-order valence-corrected chi connectivity index (χ2v) is 4.17. The van der Waals surface area contributed by atoms with Crippen LogP contribution >= 0.6 is 0 Å². The van der Waals surface area contributed by atoms with Crippen LogP contribution in [0.25, 0.3) is 11.1 Å². The van der Waals surface area contributed by atoms with Gasteiger partial charge in [-0.15, -0.1) is 0 Å². The topological polar surface area (TPSA) is 36.9 Å². The maximum atomic E-state index is 5.41. The molecule has 0 heterocycles. The van der Waals surface area contributed by atoms with Gasteiger partial charge in [0.25, 0.3) is 0 Å². The first-order chi connectivity index (χ1) is 9.71. The Bertz CT molecular complexity index is 571. The molecule has 0 spiro atoms. The summed E-state index contributed by atoms with van der Waals surface area (Å²) in [6.45, 7) is 0. The van der Waals surface area contributed by atoms with E-state index in [4.69, 9.17) is 18.9 Å². The number of methoxy groups -OCH3 is 4. The Balaban J connectivity index is 2.59. The van der Waals surface area contributed by atoms with Gasteiger partial charge in [-0.1, -0.05) is 0 Å². The summed E-state index contributed by atoms with van der Waals surface area (Å²) in [5.41, 5.74) is 1.86. The highest BCUT2D eigenvalue weighted by Crippen LogP contribution is 2.37. The first-order valence-electron chi connectivity index (χ1n) is 6.17. The molecule has 4 nitrogen and oxygen atoms in total. The molecule has 106 valence electrons. The SMILES string of the molecule is COc1cc(OC)cc(-c2cc(OC)ccc2OC)c1. The van der Waals surface area contributed by atoms with Gasteiger partial charge in [-0.3, -0.25) is 0 Å². The molecular formula is C16H18O4. The van der Waals surface area contributed by atoms with E-state index in [-0.39, 0.29) is 0 Å². The van der Waals surface area contributed by atoms with Crippen molar-refractivity contribution in [1.82, 2.24) is 0 Å². The van der Waals surface area contributed by atoms with Gasteiger partial charge in [-0.25, -0.2) is 0 Å². The van der Waals surface area contributed by atoms with Gasteiger partial charge >= 0.3 is 0 Å². The molecule has 0 bridgehead atoms. The lowest BCUT2D eigenvalue weighted by Gasteiger charge is -2.13. The predicted molar refractivity (Wildman–Crippen MR) is 78.1 cm³/mol. The maximum absolute atomic E-state index is 5.41. The fourth-order valence-corrected chi connectivity index (χ4v) is 2.00. The van der Waals surface area contributed by atoms with Crippen LogP contribution in [0.2, 0.25) is 0 Å². The lowest BCUT2D eigenvalue weighted by molar-refractivity contribution is 0.394. The Hall–Kier alpha value is -2.36. The third kappa shape index (κ3) is 2.79. The summed E-state index contributed by atoms with van der Waals surface area (Å²) in [5.74, 6) is 2.98. The monoisotopic (exact) mass is 274 g/mol. The van der Waals surface area contributed by atoms with Crippen molar-refractivity contribution in [2.24, 2.45) is 0 Å². The molecule has 2 aromatic carbocycles. The number of rotatable bonds is 5. The summed E-state index contributed by atoms with van der Waals surface area (Å²) < 4.78 is 21.3. The first kappa shape index (κ1) is 14.1. The van der Waals surface area contributed by atoms with Crippen molar-refractivity contribution in [2.45, 2.75) is 0 Å². The fraction of sp³-hybridized carbons (Fsp3) is 0.250. The molecule has 0 saturated heterocycles. The zero-order valence-corrected chi connectivity index (χ0v) is 12.1. The van der Waals surface area contributed by atoms with Crippen LogP contribution in [0.1, 0.15) is 0 Å². The van der Waals surface area contributed by atoms with E-state index in [1.165, 1.54) is 0 Å². The van der Waals surface area contributed by atoms with Crippen molar-refractivity contribution in [2.75, 3.05) is 28.4 Å². The minimum absolute atomic E-state index is 0.726. The average Bonchev–Trinajstić information content (AvgIpc) is 2.53. The lowest BCUT2D eigenvalue weighted by Crippen LogP contribution is -1.92. The maximum Gasteiger partial charge on any atom is 0.126 e. The summed E-state index contributed by atoms with van der Waals surface area (Å²) in [6, 6.07) is 11.3. The van der Waals surface area contributed by atoms with Gasteiger partial charge in [-0.05, 0) is 35.9 Å². The number of ether oxygens (including phenoxy) is 4. The summed E-state index contributed by atoms with van der Waals surface area (Å²) in [5, 5.41) is 0. The molecule has 0 fully saturated rings. The van der Waals surface area contributed by atoms with E-state index in [1.54, 1.807) is 28.4 Å². The largest absolute Gasteiger partial charge is 0.497 e. The van der Waals surface area contributed by atoms with Gasteiger partial charge in [0.2, 0.25) is 0 Å². The molecule has 0 aliphatic rings. The number of benzene rings is 2. The molecule has 0 N–H and O–H groups in total. The van der Waals surface area contributed by atoms with Crippen molar-refractivity contribution >= 4 is 0 Å². The summed E-state index contributed by atoms with van der Waals surface area (Å²) >= 11 is 0. The van der Waals surface area contributed by atoms with Crippen molar-refractivity contribution in [3.63, 3.8) is 0 Å². The highest BCUT2D eigenvalue weighted by atomic mass is 16.5. The van der Waals surface area contributed by atoms with Gasteiger partial charge < -0.3 is 18.9 Å². The standard InChI is InChI=1S/C16H18O4/c1-17-12-5-6-16(20-4)15(10-12)11-7-13(18-2)9-14(8-11)19-3/h5-10H,1-4H3. The van der Waals surface area contributed by atoms with Gasteiger partial charge in [0, 0.05) is 11.6 Å². The van der Waals surface area contributed by atoms with E-state index in [9.17, 15) is 0 Å². The normalized spacial score (nSPS) is 10.0. The molecule has 20 heavy (non-hydrogen) atoms. The minimum Gasteiger partial charge on any atom is -0.497 e. The van der Waals surface area contributed by atoms with Crippen LogP contribution in [0.4, 0.5) is 0 Å². The summed E-state index contributed by atoms with van der Waals surface area (Å²) in [6.07, 6.45) is 0. The predicted octanol–water partition coefficient (Wildman–Crippen LogP) is 3.39. The smallest absolute Gasteiger partial charge is 0.126 e. The number of hydrogen-bond donors (Lipinski definition) is 0. The van der Waals surface area contributed by atoms with E-state index in [0.29, 0.717) is 0 Å². The van der Waals surface area contributed by atoms with Gasteiger partial charge in [0.05, 0.1) is 28.4 Å². The Morgan fingerprint density at radius 2 is 1.20 bits per heavy atom. The molecule has 0 amide bonds. The lowest BCUT2D eigenvalue weighted by atomic mass is 10.0. The Morgan fingerprint density at radius 1 is 0.600 bits per heavy atom. The molecule has 0 atom stereocenters. The van der Waals surface area contributed by atoms with Crippen LogP contribution in [0.3, 0.4) is 0 Å². The van der Waals surface area contributed by atoms with Crippen LogP contribution < -0.4 is 18.9 Å². The Labute approximate surface area is 118 Å². The van der Waals surface area contributed by atoms with E-state index in [2.05, 4.69) is 0 Å². The fourth-order valence-electron chi connectivity index (χ4n) is 2.00. The molecule has 0 unspecified atom stereocenters. The summed E-state index contributed by atoms with van der Waals surface area (Å²) in [4.78, 5) is 0. The van der Waals surface area contributed by atoms with Crippen LogP contribution in [0.5, 0.6) is 23.0 Å². The van der Waals surface area contributed by atoms with Crippen LogP contribution in [0.15, 0.2) is 36.4 Å². The van der Waals surface area contributed by atoms with Crippen molar-refractivity contribution in [3.05, 3.63) is 36.4 Å². The minimum atomic E-state index is 0.726. The molecule has 2 aromatic rings. The van der Waals surface area contributed by atoms with Crippen molar-refractivity contribution in [1.29, 1.82) is 0 Å². The second kappa shape index (κ2) is 6.19. The molecule has 0 aromatic heterocycles. The summed E-state index contributed by atoms with van der Waals surface area (Å²) in [7, 11) is 6.53. The molecule has 2 rings (SSSR count). The molecular weight excluding hydrogens is 256 g/mol. The molecule has 0 aliphatic heterocycles. The van der Waals surface area contributed by atoms with Gasteiger partial charge in [0.15, 0.2) is 0 Å². The van der Waals surface area contributed by atoms with E-state index in [0.717, 1.165) is 34.1 Å². The highest BCUT2D eigenvalue weighted by Gasteiger charge is 2.10. The molecule has 0 saturated carbocycles. The third-order valence-corrected chi connectivity index (χ3v) is 3.07. The van der Waals surface area contributed by atoms with E-state index >= 15 is 0 Å². The van der Waals surface area contributed by atoms with E-state index < -0.39 is 0 Å². The van der Waals surface area contributed by atoms with Crippen LogP contribution in [-0.2, 0) is 0 Å². The van der Waals surface area contributed by atoms with Crippen LogP contribution in [0, 0.1) is 0 Å². The van der Waals surface area contributed by atoms with Gasteiger partial charge in [0.1, 0.15) is 23.0 Å². The number of hydrogen-bond acceptors (Lipinski definition) is 4. The third-order valence-electron chi connectivity index (χ3n) is 3.07. The zero-order chi connectivity index (χ0) is 14.5. The molecule has 4 heteroatoms. The van der Waals surface area contributed by atoms with Gasteiger partial charge in [-0.2, -0.15) is 0 Å². The highest BCUT2D eigenvalue weighted by molar-refractivity contribution is 5.74. The Morgan fingerprint density at radius 3 is 1.70 bits per heavy atom. The quantitative estimate of drug-likeness (QED) is 0.837.